The molecule has 0 amide bonds. The molecule has 11 rings (SSSR count). The minimum atomic E-state index is -0.476. The lowest BCUT2D eigenvalue weighted by Crippen LogP contribution is -2.25. The second-order valence-corrected chi connectivity index (χ2v) is 14.0. The molecular formula is C51H33NO. The Hall–Kier alpha value is -6.90. The van der Waals surface area contributed by atoms with E-state index in [-0.39, 0.29) is 0 Å². The lowest BCUT2D eigenvalue weighted by molar-refractivity contribution is 0.628. The molecule has 1 aromatic heterocycles. The molecule has 8 aromatic carbocycles. The first-order valence-electron chi connectivity index (χ1n) is 18.3. The molecule has 0 atom stereocenters. The van der Waals surface area contributed by atoms with E-state index in [4.69, 9.17) is 4.42 Å². The van der Waals surface area contributed by atoms with Crippen molar-refractivity contribution in [2.75, 3.05) is 4.90 Å². The van der Waals surface area contributed by atoms with Gasteiger partial charge in [-0.1, -0.05) is 152 Å². The number of benzene rings is 8. The molecule has 53 heavy (non-hydrogen) atoms. The lowest BCUT2D eigenvalue weighted by Gasteiger charge is -2.30. The van der Waals surface area contributed by atoms with Crippen LogP contribution in [0, 0.1) is 0 Å². The number of furan rings is 1. The molecule has 0 bridgehead atoms. The monoisotopic (exact) mass is 675 g/mol. The predicted molar refractivity (Wildman–Crippen MR) is 218 cm³/mol. The van der Waals surface area contributed by atoms with Crippen molar-refractivity contribution in [2.45, 2.75) is 5.41 Å². The first kappa shape index (κ1) is 29.8. The van der Waals surface area contributed by atoms with Gasteiger partial charge in [-0.15, -0.1) is 0 Å². The van der Waals surface area contributed by atoms with Crippen molar-refractivity contribution in [1.29, 1.82) is 0 Å². The molecule has 0 saturated carbocycles. The molecule has 2 aliphatic carbocycles. The Morgan fingerprint density at radius 1 is 0.358 bits per heavy atom. The minimum absolute atomic E-state index is 0.476. The number of rotatable bonds is 5. The third-order valence-corrected chi connectivity index (χ3v) is 11.3. The fourth-order valence-electron chi connectivity index (χ4n) is 9.03. The van der Waals surface area contributed by atoms with Gasteiger partial charge in [-0.2, -0.15) is 0 Å². The minimum Gasteiger partial charge on any atom is -0.456 e. The molecule has 2 heteroatoms. The van der Waals surface area contributed by atoms with Gasteiger partial charge in [0.25, 0.3) is 0 Å². The van der Waals surface area contributed by atoms with Gasteiger partial charge >= 0.3 is 0 Å². The summed E-state index contributed by atoms with van der Waals surface area (Å²) in [5.41, 5.74) is 17.5. The Bertz CT molecular complexity index is 2770. The van der Waals surface area contributed by atoms with Crippen molar-refractivity contribution in [3.63, 3.8) is 0 Å². The van der Waals surface area contributed by atoms with Gasteiger partial charge in [-0.3, -0.25) is 0 Å². The summed E-state index contributed by atoms with van der Waals surface area (Å²) < 4.78 is 6.75. The van der Waals surface area contributed by atoms with E-state index in [1.54, 1.807) is 0 Å². The van der Waals surface area contributed by atoms with Crippen molar-refractivity contribution in [3.05, 3.63) is 222 Å². The van der Waals surface area contributed by atoms with Crippen molar-refractivity contribution in [2.24, 2.45) is 0 Å². The number of hydrogen-bond acceptors (Lipinski definition) is 2. The second-order valence-electron chi connectivity index (χ2n) is 14.0. The SMILES string of the molecule is c1ccc(-c2ccc(N(c3ccccc3)c3ccc(-c4ccc5c(c4)C4(c6ccccc6-c6ccccc64)c4c-5oc5ccccc45)cc3)cc2)cc1. The smallest absolute Gasteiger partial charge is 0.140 e. The van der Waals surface area contributed by atoms with Crippen LogP contribution in [0.5, 0.6) is 0 Å². The highest BCUT2D eigenvalue weighted by Gasteiger charge is 2.54. The largest absolute Gasteiger partial charge is 0.456 e. The van der Waals surface area contributed by atoms with E-state index < -0.39 is 5.41 Å². The van der Waals surface area contributed by atoms with Crippen LogP contribution in [-0.4, -0.2) is 0 Å². The van der Waals surface area contributed by atoms with E-state index in [0.29, 0.717) is 0 Å². The molecule has 2 aliphatic rings. The number of anilines is 3. The van der Waals surface area contributed by atoms with E-state index in [9.17, 15) is 0 Å². The molecule has 1 spiro atoms. The summed E-state index contributed by atoms with van der Waals surface area (Å²) in [5, 5.41) is 1.17. The first-order chi connectivity index (χ1) is 26.3. The highest BCUT2D eigenvalue weighted by molar-refractivity contribution is 6.02. The van der Waals surface area contributed by atoms with E-state index in [2.05, 4.69) is 205 Å². The van der Waals surface area contributed by atoms with Crippen LogP contribution >= 0.6 is 0 Å². The number of para-hydroxylation sites is 2. The fourth-order valence-corrected chi connectivity index (χ4v) is 9.03. The van der Waals surface area contributed by atoms with Crippen molar-refractivity contribution in [1.82, 2.24) is 0 Å². The molecular weight excluding hydrogens is 643 g/mol. The maximum absolute atomic E-state index is 6.75. The van der Waals surface area contributed by atoms with Crippen LogP contribution in [0.1, 0.15) is 22.3 Å². The Kier molecular flexibility index (Phi) is 6.50. The third-order valence-electron chi connectivity index (χ3n) is 11.3. The van der Waals surface area contributed by atoms with Gasteiger partial charge in [0.2, 0.25) is 0 Å². The average Bonchev–Trinajstić information content (AvgIpc) is 3.86. The normalized spacial score (nSPS) is 13.1. The maximum Gasteiger partial charge on any atom is 0.140 e. The highest BCUT2D eigenvalue weighted by atomic mass is 16.3. The molecule has 248 valence electrons. The number of nitrogens with zero attached hydrogens (tertiary/aromatic N) is 1. The quantitative estimate of drug-likeness (QED) is 0.181. The van der Waals surface area contributed by atoms with E-state index in [0.717, 1.165) is 34.0 Å². The molecule has 0 N–H and O–H groups in total. The third kappa shape index (κ3) is 4.33. The molecule has 0 saturated heterocycles. The first-order valence-corrected chi connectivity index (χ1v) is 18.3. The summed E-state index contributed by atoms with van der Waals surface area (Å²) in [6.45, 7) is 0. The molecule has 0 unspecified atom stereocenters. The van der Waals surface area contributed by atoms with Crippen LogP contribution in [0.2, 0.25) is 0 Å². The summed E-state index contributed by atoms with van der Waals surface area (Å²) in [5.74, 6) is 0.978. The van der Waals surface area contributed by atoms with Crippen LogP contribution < -0.4 is 4.90 Å². The predicted octanol–water partition coefficient (Wildman–Crippen LogP) is 13.6. The van der Waals surface area contributed by atoms with Crippen LogP contribution in [0.25, 0.3) is 55.7 Å². The van der Waals surface area contributed by atoms with Crippen LogP contribution in [0.15, 0.2) is 205 Å². The van der Waals surface area contributed by atoms with Gasteiger partial charge in [-0.05, 0) is 98.6 Å². The zero-order chi connectivity index (χ0) is 34.9. The topological polar surface area (TPSA) is 16.4 Å². The maximum atomic E-state index is 6.75. The van der Waals surface area contributed by atoms with Crippen LogP contribution in [0.4, 0.5) is 17.1 Å². The van der Waals surface area contributed by atoms with Crippen molar-refractivity contribution >= 4 is 28.0 Å². The lowest BCUT2D eigenvalue weighted by atomic mass is 9.70. The Labute approximate surface area is 308 Å². The Morgan fingerprint density at radius 3 is 1.51 bits per heavy atom. The second kappa shape index (κ2) is 11.6. The van der Waals surface area contributed by atoms with Gasteiger partial charge in [0.1, 0.15) is 11.3 Å². The summed E-state index contributed by atoms with van der Waals surface area (Å²) in [7, 11) is 0. The van der Waals surface area contributed by atoms with E-state index in [1.807, 2.05) is 0 Å². The highest BCUT2D eigenvalue weighted by Crippen LogP contribution is 2.65. The van der Waals surface area contributed by atoms with Gasteiger partial charge in [0.05, 0.1) is 5.41 Å². The summed E-state index contributed by atoms with van der Waals surface area (Å²) in [4.78, 5) is 2.33. The van der Waals surface area contributed by atoms with Crippen molar-refractivity contribution < 1.29 is 4.42 Å². The van der Waals surface area contributed by atoms with Crippen molar-refractivity contribution in [3.8, 4) is 44.7 Å². The summed E-state index contributed by atoms with van der Waals surface area (Å²) >= 11 is 0. The summed E-state index contributed by atoms with van der Waals surface area (Å²) in [6.07, 6.45) is 0. The van der Waals surface area contributed by atoms with Gasteiger partial charge in [0, 0.05) is 33.6 Å². The zero-order valence-electron chi connectivity index (χ0n) is 28.9. The number of hydrogen-bond donors (Lipinski definition) is 0. The van der Waals surface area contributed by atoms with Crippen LogP contribution in [0.3, 0.4) is 0 Å². The van der Waals surface area contributed by atoms with E-state index in [1.165, 1.54) is 61.0 Å². The molecule has 9 aromatic rings. The molecule has 2 nitrogen and oxygen atoms in total. The summed E-state index contributed by atoms with van der Waals surface area (Å²) in [6, 6.07) is 72.4. The molecule has 0 aliphatic heterocycles. The fraction of sp³-hybridized carbons (Fsp3) is 0.0196. The van der Waals surface area contributed by atoms with E-state index >= 15 is 0 Å². The average molecular weight is 676 g/mol. The van der Waals surface area contributed by atoms with Gasteiger partial charge in [-0.25, -0.2) is 0 Å². The Balaban J connectivity index is 1.04. The molecule has 0 radical (unpaired) electrons. The van der Waals surface area contributed by atoms with Gasteiger partial charge in [0.15, 0.2) is 0 Å². The zero-order valence-corrected chi connectivity index (χ0v) is 28.9. The standard InChI is InChI=1S/C51H33NO/c1-3-13-34(14-4-1)35-23-28-39(29-24-35)52(38-15-5-2-6-16-38)40-30-25-36(26-31-40)37-27-32-43-47(33-37)51(49-44-19-9-12-22-48(44)53-50(43)49)45-20-10-7-17-41(45)42-18-8-11-21-46(42)51/h1-33H. The number of fused-ring (bicyclic) bond motifs is 12. The molecule has 0 fully saturated rings. The Morgan fingerprint density at radius 2 is 0.849 bits per heavy atom. The van der Waals surface area contributed by atoms with Crippen LogP contribution in [-0.2, 0) is 5.41 Å². The molecule has 1 heterocycles. The van der Waals surface area contributed by atoms with Gasteiger partial charge < -0.3 is 9.32 Å².